The Morgan fingerprint density at radius 1 is 1.62 bits per heavy atom. The molecule has 1 saturated heterocycles. The van der Waals surface area contributed by atoms with E-state index < -0.39 is 0 Å². The summed E-state index contributed by atoms with van der Waals surface area (Å²) in [5.74, 6) is 0.715. The molecule has 1 aliphatic heterocycles. The lowest BCUT2D eigenvalue weighted by molar-refractivity contribution is 0.184. The lowest BCUT2D eigenvalue weighted by Gasteiger charge is -2.16. The van der Waals surface area contributed by atoms with Crippen molar-refractivity contribution in [2.45, 2.75) is 32.4 Å². The third-order valence-electron chi connectivity index (χ3n) is 3.13. The SMILES string of the molecule is CC(CCn1cccn1)NCC1CCOC1. The van der Waals surface area contributed by atoms with E-state index in [1.165, 1.54) is 6.42 Å². The van der Waals surface area contributed by atoms with Crippen molar-refractivity contribution in [2.75, 3.05) is 19.8 Å². The second-order valence-corrected chi connectivity index (χ2v) is 4.60. The minimum absolute atomic E-state index is 0.546. The standard InChI is InChI=1S/C12H21N3O/c1-11(3-7-15-6-2-5-14-15)13-9-12-4-8-16-10-12/h2,5-6,11-13H,3-4,7-10H2,1H3. The molecule has 2 rings (SSSR count). The van der Waals surface area contributed by atoms with Crippen molar-refractivity contribution in [2.24, 2.45) is 5.92 Å². The van der Waals surface area contributed by atoms with Gasteiger partial charge in [-0.3, -0.25) is 4.68 Å². The number of aryl methyl sites for hydroxylation is 1. The first-order valence-corrected chi connectivity index (χ1v) is 6.13. The summed E-state index contributed by atoms with van der Waals surface area (Å²) in [5.41, 5.74) is 0. The summed E-state index contributed by atoms with van der Waals surface area (Å²) in [7, 11) is 0. The van der Waals surface area contributed by atoms with Crippen LogP contribution in [0.15, 0.2) is 18.5 Å². The maximum absolute atomic E-state index is 5.35. The second-order valence-electron chi connectivity index (χ2n) is 4.60. The molecule has 0 spiro atoms. The molecule has 0 amide bonds. The van der Waals surface area contributed by atoms with Crippen molar-refractivity contribution >= 4 is 0 Å². The van der Waals surface area contributed by atoms with E-state index in [2.05, 4.69) is 17.3 Å². The monoisotopic (exact) mass is 223 g/mol. The summed E-state index contributed by atoms with van der Waals surface area (Å²) in [6.45, 7) is 6.18. The number of ether oxygens (including phenoxy) is 1. The summed E-state index contributed by atoms with van der Waals surface area (Å²) in [4.78, 5) is 0. The molecular weight excluding hydrogens is 202 g/mol. The van der Waals surface area contributed by atoms with Crippen LogP contribution < -0.4 is 5.32 Å². The van der Waals surface area contributed by atoms with Gasteiger partial charge in [0.1, 0.15) is 0 Å². The minimum atomic E-state index is 0.546. The molecule has 0 saturated carbocycles. The Bertz CT molecular complexity index is 280. The fraction of sp³-hybridized carbons (Fsp3) is 0.750. The number of rotatable bonds is 6. The molecule has 2 heterocycles. The molecule has 0 bridgehead atoms. The number of hydrogen-bond donors (Lipinski definition) is 1. The molecule has 4 heteroatoms. The van der Waals surface area contributed by atoms with Crippen molar-refractivity contribution in [3.8, 4) is 0 Å². The van der Waals surface area contributed by atoms with Crippen molar-refractivity contribution in [1.29, 1.82) is 0 Å². The fourth-order valence-electron chi connectivity index (χ4n) is 1.97. The van der Waals surface area contributed by atoms with Crippen LogP contribution in [0.2, 0.25) is 0 Å². The first-order valence-electron chi connectivity index (χ1n) is 6.13. The number of hydrogen-bond acceptors (Lipinski definition) is 3. The molecule has 1 N–H and O–H groups in total. The average molecular weight is 223 g/mol. The number of nitrogens with one attached hydrogen (secondary N) is 1. The van der Waals surface area contributed by atoms with Gasteiger partial charge in [0.15, 0.2) is 0 Å². The van der Waals surface area contributed by atoms with Gasteiger partial charge in [0, 0.05) is 38.1 Å². The van der Waals surface area contributed by atoms with Gasteiger partial charge in [-0.2, -0.15) is 5.10 Å². The van der Waals surface area contributed by atoms with E-state index in [4.69, 9.17) is 4.74 Å². The van der Waals surface area contributed by atoms with Gasteiger partial charge in [0.05, 0.1) is 6.61 Å². The normalized spacial score (nSPS) is 22.4. The van der Waals surface area contributed by atoms with Crippen LogP contribution in [0.5, 0.6) is 0 Å². The highest BCUT2D eigenvalue weighted by molar-refractivity contribution is 4.78. The highest BCUT2D eigenvalue weighted by Gasteiger charge is 2.15. The van der Waals surface area contributed by atoms with Gasteiger partial charge in [-0.05, 0) is 31.7 Å². The minimum Gasteiger partial charge on any atom is -0.381 e. The molecule has 0 radical (unpaired) electrons. The average Bonchev–Trinajstić information content (AvgIpc) is 2.96. The molecular formula is C12H21N3O. The van der Waals surface area contributed by atoms with Gasteiger partial charge >= 0.3 is 0 Å². The molecule has 1 aliphatic rings. The fourth-order valence-corrected chi connectivity index (χ4v) is 1.97. The molecule has 1 fully saturated rings. The van der Waals surface area contributed by atoms with Gasteiger partial charge in [-0.15, -0.1) is 0 Å². The van der Waals surface area contributed by atoms with Crippen molar-refractivity contribution in [3.05, 3.63) is 18.5 Å². The zero-order valence-corrected chi connectivity index (χ0v) is 9.93. The maximum atomic E-state index is 5.35. The summed E-state index contributed by atoms with van der Waals surface area (Å²) >= 11 is 0. The lowest BCUT2D eigenvalue weighted by atomic mass is 10.1. The third-order valence-corrected chi connectivity index (χ3v) is 3.13. The number of nitrogens with zero attached hydrogens (tertiary/aromatic N) is 2. The lowest BCUT2D eigenvalue weighted by Crippen LogP contribution is -2.32. The van der Waals surface area contributed by atoms with E-state index in [0.29, 0.717) is 12.0 Å². The molecule has 1 aromatic heterocycles. The predicted octanol–water partition coefficient (Wildman–Crippen LogP) is 1.29. The highest BCUT2D eigenvalue weighted by Crippen LogP contribution is 2.11. The molecule has 0 aliphatic carbocycles. The van der Waals surface area contributed by atoms with Gasteiger partial charge in [0.2, 0.25) is 0 Å². The maximum Gasteiger partial charge on any atom is 0.0507 e. The Morgan fingerprint density at radius 3 is 3.25 bits per heavy atom. The van der Waals surface area contributed by atoms with Crippen molar-refractivity contribution in [3.63, 3.8) is 0 Å². The Labute approximate surface area is 97.0 Å². The predicted molar refractivity (Wildman–Crippen MR) is 63.2 cm³/mol. The van der Waals surface area contributed by atoms with Crippen molar-refractivity contribution < 1.29 is 4.74 Å². The Kier molecular flexibility index (Phi) is 4.36. The first kappa shape index (κ1) is 11.6. The molecule has 16 heavy (non-hydrogen) atoms. The Balaban J connectivity index is 1.58. The topological polar surface area (TPSA) is 39.1 Å². The summed E-state index contributed by atoms with van der Waals surface area (Å²) in [6, 6.07) is 2.51. The van der Waals surface area contributed by atoms with E-state index in [0.717, 1.165) is 32.7 Å². The van der Waals surface area contributed by atoms with Crippen LogP contribution in [0.4, 0.5) is 0 Å². The van der Waals surface area contributed by atoms with Crippen LogP contribution in [0.25, 0.3) is 0 Å². The van der Waals surface area contributed by atoms with Crippen LogP contribution in [-0.4, -0.2) is 35.6 Å². The zero-order valence-electron chi connectivity index (χ0n) is 9.93. The van der Waals surface area contributed by atoms with Crippen molar-refractivity contribution in [1.82, 2.24) is 15.1 Å². The molecule has 1 aromatic rings. The third kappa shape index (κ3) is 3.61. The van der Waals surface area contributed by atoms with E-state index in [9.17, 15) is 0 Å². The van der Waals surface area contributed by atoms with Crippen LogP contribution >= 0.6 is 0 Å². The van der Waals surface area contributed by atoms with E-state index in [-0.39, 0.29) is 0 Å². The van der Waals surface area contributed by atoms with Crippen LogP contribution in [-0.2, 0) is 11.3 Å². The molecule has 2 unspecified atom stereocenters. The zero-order chi connectivity index (χ0) is 11.2. The Morgan fingerprint density at radius 2 is 2.56 bits per heavy atom. The smallest absolute Gasteiger partial charge is 0.0507 e. The van der Waals surface area contributed by atoms with Crippen LogP contribution in [0, 0.1) is 5.92 Å². The van der Waals surface area contributed by atoms with E-state index in [1.54, 1.807) is 0 Å². The van der Waals surface area contributed by atoms with Crippen LogP contribution in [0.1, 0.15) is 19.8 Å². The molecule has 4 nitrogen and oxygen atoms in total. The summed E-state index contributed by atoms with van der Waals surface area (Å²) in [5, 5.41) is 7.76. The van der Waals surface area contributed by atoms with E-state index in [1.807, 2.05) is 23.1 Å². The molecule has 90 valence electrons. The Hall–Kier alpha value is -0.870. The first-order chi connectivity index (χ1) is 7.84. The summed E-state index contributed by atoms with van der Waals surface area (Å²) in [6.07, 6.45) is 6.17. The van der Waals surface area contributed by atoms with Gasteiger partial charge in [-0.1, -0.05) is 0 Å². The largest absolute Gasteiger partial charge is 0.381 e. The van der Waals surface area contributed by atoms with Crippen LogP contribution in [0.3, 0.4) is 0 Å². The number of aromatic nitrogens is 2. The molecule has 0 aromatic carbocycles. The van der Waals surface area contributed by atoms with E-state index >= 15 is 0 Å². The van der Waals surface area contributed by atoms with Gasteiger partial charge in [0.25, 0.3) is 0 Å². The van der Waals surface area contributed by atoms with Gasteiger partial charge < -0.3 is 10.1 Å². The quantitative estimate of drug-likeness (QED) is 0.790. The summed E-state index contributed by atoms with van der Waals surface area (Å²) < 4.78 is 7.34. The second kappa shape index (κ2) is 6.01. The van der Waals surface area contributed by atoms with Gasteiger partial charge in [-0.25, -0.2) is 0 Å². The highest BCUT2D eigenvalue weighted by atomic mass is 16.5. The molecule has 2 atom stereocenters.